The number of nitrogens with two attached hydrogens (primary N) is 2. The Morgan fingerprint density at radius 2 is 2.30 bits per heavy atom. The van der Waals surface area contributed by atoms with Crippen molar-refractivity contribution in [2.75, 3.05) is 18.1 Å². The Bertz CT molecular complexity index is 203. The van der Waals surface area contributed by atoms with Gasteiger partial charge in [0.1, 0.15) is 0 Å². The van der Waals surface area contributed by atoms with Crippen LogP contribution in [0.5, 0.6) is 5.75 Å². The fraction of sp³-hybridized carbons (Fsp3) is 0.400. The lowest BCUT2D eigenvalue weighted by molar-refractivity contribution is 0.344. The second-order valence-corrected chi connectivity index (χ2v) is 2.50. The summed E-state index contributed by atoms with van der Waals surface area (Å²) in [6.45, 7) is 2.43. The van der Waals surface area contributed by atoms with Gasteiger partial charge >= 0.3 is 0 Å². The van der Waals surface area contributed by atoms with Crippen molar-refractivity contribution < 1.29 is 4.74 Å². The topological polar surface area (TPSA) is 74.2 Å². The smallest absolute Gasteiger partial charge is 0.197 e. The predicted octanol–water partition coefficient (Wildman–Crippen LogP) is 0.706. The molecule has 0 aliphatic heterocycles. The summed E-state index contributed by atoms with van der Waals surface area (Å²) in [4.78, 5) is 0. The molecule has 10 heavy (non-hydrogen) atoms. The van der Waals surface area contributed by atoms with E-state index in [2.05, 4.69) is 4.37 Å². The van der Waals surface area contributed by atoms with Gasteiger partial charge in [-0.05, 0) is 18.5 Å². The summed E-state index contributed by atoms with van der Waals surface area (Å²) >= 11 is 1.15. The molecule has 0 saturated heterocycles. The highest BCUT2D eigenvalue weighted by molar-refractivity contribution is 7.10. The molecule has 0 fully saturated rings. The zero-order chi connectivity index (χ0) is 7.56. The highest BCUT2D eigenvalue weighted by Gasteiger charge is 2.07. The number of rotatable bonds is 2. The van der Waals surface area contributed by atoms with Gasteiger partial charge in [0.25, 0.3) is 0 Å². The lowest BCUT2D eigenvalue weighted by Gasteiger charge is -1.99. The van der Waals surface area contributed by atoms with E-state index in [0.717, 1.165) is 11.5 Å². The van der Waals surface area contributed by atoms with Gasteiger partial charge in [-0.25, -0.2) is 0 Å². The van der Waals surface area contributed by atoms with Gasteiger partial charge < -0.3 is 16.2 Å². The Hall–Kier alpha value is -0.970. The van der Waals surface area contributed by atoms with E-state index in [4.69, 9.17) is 16.2 Å². The fourth-order valence-corrected chi connectivity index (χ4v) is 1.12. The van der Waals surface area contributed by atoms with Crippen LogP contribution in [0.4, 0.5) is 10.8 Å². The lowest BCUT2D eigenvalue weighted by atomic mass is 10.5. The molecule has 0 spiro atoms. The highest BCUT2D eigenvalue weighted by Crippen LogP contribution is 2.31. The van der Waals surface area contributed by atoms with Crippen LogP contribution in [0.2, 0.25) is 0 Å². The third kappa shape index (κ3) is 1.13. The maximum Gasteiger partial charge on any atom is 0.197 e. The normalized spacial score (nSPS) is 9.70. The standard InChI is InChI=1S/C5H9N3OS/c1-2-9-3-4(6)8-10-5(3)7/h2,7H2,1H3,(H2,6,8). The van der Waals surface area contributed by atoms with Crippen molar-refractivity contribution in [2.24, 2.45) is 0 Å². The van der Waals surface area contributed by atoms with Crippen LogP contribution in [-0.4, -0.2) is 11.0 Å². The maximum absolute atomic E-state index is 5.48. The number of hydrogen-bond donors (Lipinski definition) is 2. The first-order valence-corrected chi connectivity index (χ1v) is 3.66. The van der Waals surface area contributed by atoms with E-state index in [1.165, 1.54) is 0 Å². The van der Waals surface area contributed by atoms with Gasteiger partial charge in [0.05, 0.1) is 6.61 Å². The monoisotopic (exact) mass is 159 g/mol. The van der Waals surface area contributed by atoms with E-state index < -0.39 is 0 Å². The number of aromatic nitrogens is 1. The number of nitrogen functional groups attached to an aromatic ring is 2. The van der Waals surface area contributed by atoms with Crippen LogP contribution >= 0.6 is 11.5 Å². The average molecular weight is 159 g/mol. The van der Waals surface area contributed by atoms with Crippen molar-refractivity contribution in [1.29, 1.82) is 0 Å². The van der Waals surface area contributed by atoms with Crippen molar-refractivity contribution in [3.05, 3.63) is 0 Å². The number of nitrogens with zero attached hydrogens (tertiary/aromatic N) is 1. The average Bonchev–Trinajstić information content (AvgIpc) is 2.20. The van der Waals surface area contributed by atoms with Crippen molar-refractivity contribution in [2.45, 2.75) is 6.92 Å². The fourth-order valence-electron chi connectivity index (χ4n) is 0.597. The van der Waals surface area contributed by atoms with Crippen LogP contribution in [0, 0.1) is 0 Å². The second kappa shape index (κ2) is 2.74. The molecule has 0 bridgehead atoms. The van der Waals surface area contributed by atoms with Gasteiger partial charge in [-0.1, -0.05) is 0 Å². The number of ether oxygens (including phenoxy) is 1. The zero-order valence-corrected chi connectivity index (χ0v) is 6.44. The molecule has 0 aliphatic carbocycles. The predicted molar refractivity (Wildman–Crippen MR) is 42.1 cm³/mol. The Morgan fingerprint density at radius 1 is 1.60 bits per heavy atom. The quantitative estimate of drug-likeness (QED) is 0.666. The summed E-state index contributed by atoms with van der Waals surface area (Å²) in [5.74, 6) is 0.900. The summed E-state index contributed by atoms with van der Waals surface area (Å²) in [6.07, 6.45) is 0. The van der Waals surface area contributed by atoms with Gasteiger partial charge in [0, 0.05) is 0 Å². The van der Waals surface area contributed by atoms with Crippen molar-refractivity contribution in [3.63, 3.8) is 0 Å². The molecule has 1 aromatic heterocycles. The van der Waals surface area contributed by atoms with Gasteiger partial charge in [-0.2, -0.15) is 4.37 Å². The lowest BCUT2D eigenvalue weighted by Crippen LogP contribution is -1.96. The van der Waals surface area contributed by atoms with E-state index >= 15 is 0 Å². The van der Waals surface area contributed by atoms with Crippen molar-refractivity contribution >= 4 is 22.4 Å². The molecule has 4 nitrogen and oxygen atoms in total. The molecule has 0 amide bonds. The largest absolute Gasteiger partial charge is 0.487 e. The minimum atomic E-state index is 0.379. The number of hydrogen-bond acceptors (Lipinski definition) is 5. The molecule has 56 valence electrons. The SMILES string of the molecule is CCOc1c(N)nsc1N. The molecule has 0 unspecified atom stereocenters. The second-order valence-electron chi connectivity index (χ2n) is 1.69. The summed E-state index contributed by atoms with van der Waals surface area (Å²) < 4.78 is 8.91. The van der Waals surface area contributed by atoms with E-state index in [1.807, 2.05) is 6.92 Å². The maximum atomic E-state index is 5.48. The van der Waals surface area contributed by atoms with E-state index in [9.17, 15) is 0 Å². The molecule has 5 heteroatoms. The first kappa shape index (κ1) is 7.14. The first-order valence-electron chi connectivity index (χ1n) is 2.89. The van der Waals surface area contributed by atoms with Gasteiger partial charge in [-0.15, -0.1) is 0 Å². The third-order valence-electron chi connectivity index (χ3n) is 0.987. The first-order chi connectivity index (χ1) is 4.75. The summed E-state index contributed by atoms with van der Waals surface area (Å²) in [5.41, 5.74) is 10.9. The third-order valence-corrected chi connectivity index (χ3v) is 1.66. The summed E-state index contributed by atoms with van der Waals surface area (Å²) in [6, 6.07) is 0. The minimum absolute atomic E-state index is 0.379. The Kier molecular flexibility index (Phi) is 1.96. The molecule has 4 N–H and O–H groups in total. The zero-order valence-electron chi connectivity index (χ0n) is 5.63. The molecule has 0 aromatic carbocycles. The van der Waals surface area contributed by atoms with Crippen LogP contribution in [0.25, 0.3) is 0 Å². The molecule has 0 radical (unpaired) electrons. The molecule has 1 aromatic rings. The molecular formula is C5H9N3OS. The molecule has 0 atom stereocenters. The van der Waals surface area contributed by atoms with Crippen molar-refractivity contribution in [3.8, 4) is 5.75 Å². The van der Waals surface area contributed by atoms with Crippen LogP contribution in [0.3, 0.4) is 0 Å². The Balaban J connectivity index is 2.87. The summed E-state index contributed by atoms with van der Waals surface area (Å²) in [5, 5.41) is 0.541. The van der Waals surface area contributed by atoms with E-state index in [0.29, 0.717) is 23.2 Å². The van der Waals surface area contributed by atoms with Gasteiger partial charge in [0.15, 0.2) is 16.6 Å². The van der Waals surface area contributed by atoms with Gasteiger partial charge in [-0.3, -0.25) is 0 Å². The summed E-state index contributed by atoms with van der Waals surface area (Å²) in [7, 11) is 0. The van der Waals surface area contributed by atoms with E-state index in [-0.39, 0.29) is 0 Å². The van der Waals surface area contributed by atoms with Gasteiger partial charge in [0.2, 0.25) is 0 Å². The van der Waals surface area contributed by atoms with Crippen LogP contribution in [0.15, 0.2) is 0 Å². The molecule has 0 aliphatic rings. The van der Waals surface area contributed by atoms with Crippen LogP contribution in [-0.2, 0) is 0 Å². The molecular weight excluding hydrogens is 150 g/mol. The molecule has 0 saturated carbocycles. The number of anilines is 2. The Morgan fingerprint density at radius 3 is 2.70 bits per heavy atom. The van der Waals surface area contributed by atoms with E-state index in [1.54, 1.807) is 0 Å². The Labute approximate surface area is 63.0 Å². The van der Waals surface area contributed by atoms with Crippen LogP contribution < -0.4 is 16.2 Å². The van der Waals surface area contributed by atoms with Crippen LogP contribution in [0.1, 0.15) is 6.92 Å². The van der Waals surface area contributed by atoms with Crippen molar-refractivity contribution in [1.82, 2.24) is 4.37 Å². The molecule has 1 heterocycles. The minimum Gasteiger partial charge on any atom is -0.487 e. The molecule has 1 rings (SSSR count). The highest BCUT2D eigenvalue weighted by atomic mass is 32.1.